The Morgan fingerprint density at radius 3 is 2.38 bits per heavy atom. The van der Waals surface area contributed by atoms with Gasteiger partial charge in [-0.15, -0.1) is 0 Å². The highest BCUT2D eigenvalue weighted by Crippen LogP contribution is 2.69. The monoisotopic (exact) mass is 446 g/mol. The van der Waals surface area contributed by atoms with Crippen LogP contribution in [0.2, 0.25) is 0 Å². The predicted octanol–water partition coefficient (Wildman–Crippen LogP) is 5.60. The van der Waals surface area contributed by atoms with Crippen molar-refractivity contribution in [2.75, 3.05) is 14.2 Å². The molecule has 32 heavy (non-hydrogen) atoms. The Morgan fingerprint density at radius 1 is 1.00 bits per heavy atom. The predicted molar refractivity (Wildman–Crippen MR) is 125 cm³/mol. The van der Waals surface area contributed by atoms with Crippen molar-refractivity contribution >= 4 is 17.4 Å². The first-order chi connectivity index (χ1) is 15.1. The third-order valence-electron chi connectivity index (χ3n) is 10.3. The van der Waals surface area contributed by atoms with Crippen molar-refractivity contribution in [3.63, 3.8) is 0 Å². The van der Waals surface area contributed by atoms with Gasteiger partial charge in [-0.1, -0.05) is 31.1 Å². The number of esters is 1. The van der Waals surface area contributed by atoms with Gasteiger partial charge in [0.2, 0.25) is 0 Å². The summed E-state index contributed by atoms with van der Waals surface area (Å²) in [6.45, 7) is 10.9. The number of ether oxygens (including phenoxy) is 1. The van der Waals surface area contributed by atoms with Crippen LogP contribution in [-0.4, -0.2) is 37.2 Å². The highest BCUT2D eigenvalue weighted by molar-refractivity contribution is 5.93. The van der Waals surface area contributed by atoms with Gasteiger partial charge in [0.05, 0.1) is 11.4 Å². The molecule has 4 aliphatic rings. The van der Waals surface area contributed by atoms with Crippen LogP contribution in [0.3, 0.4) is 0 Å². The number of rotatable bonds is 4. The Balaban J connectivity index is 1.68. The molecular weight excluding hydrogens is 404 g/mol. The van der Waals surface area contributed by atoms with E-state index < -0.39 is 5.60 Å². The van der Waals surface area contributed by atoms with Crippen LogP contribution in [0.4, 0.5) is 0 Å². The summed E-state index contributed by atoms with van der Waals surface area (Å²) in [7, 11) is 3.23. The summed E-state index contributed by atoms with van der Waals surface area (Å²) in [4.78, 5) is 22.5. The molecule has 8 atom stereocenters. The molecule has 8 unspecified atom stereocenters. The van der Waals surface area contributed by atoms with E-state index in [1.54, 1.807) is 14.2 Å². The van der Waals surface area contributed by atoms with Gasteiger partial charge in [-0.05, 0) is 93.3 Å². The fourth-order valence-corrected chi connectivity index (χ4v) is 9.03. The quantitative estimate of drug-likeness (QED) is 0.320. The number of fused-ring (bicyclic) bond motifs is 5. The van der Waals surface area contributed by atoms with E-state index in [4.69, 9.17) is 14.4 Å². The van der Waals surface area contributed by atoms with Crippen LogP contribution in [0.1, 0.15) is 86.0 Å². The average molecular weight is 447 g/mol. The van der Waals surface area contributed by atoms with E-state index in [0.717, 1.165) is 43.7 Å². The second-order valence-corrected chi connectivity index (χ2v) is 11.5. The maximum Gasteiger partial charge on any atom is 0.303 e. The third kappa shape index (κ3) is 3.30. The van der Waals surface area contributed by atoms with E-state index in [0.29, 0.717) is 29.1 Å². The van der Waals surface area contributed by atoms with E-state index >= 15 is 0 Å². The minimum atomic E-state index is -0.656. The molecule has 4 aliphatic carbocycles. The zero-order chi connectivity index (χ0) is 23.3. The Kier molecular flexibility index (Phi) is 6.13. The van der Waals surface area contributed by atoms with Crippen molar-refractivity contribution in [1.29, 1.82) is 0 Å². The zero-order valence-corrected chi connectivity index (χ0v) is 21.1. The molecular formula is C26H42N2O4. The normalized spacial score (nSPS) is 47.3. The molecule has 0 amide bonds. The van der Waals surface area contributed by atoms with Gasteiger partial charge in [-0.3, -0.25) is 4.79 Å². The summed E-state index contributed by atoms with van der Waals surface area (Å²) >= 11 is 0. The van der Waals surface area contributed by atoms with Gasteiger partial charge in [0.15, 0.2) is 5.60 Å². The molecule has 4 fully saturated rings. The van der Waals surface area contributed by atoms with Gasteiger partial charge in [0, 0.05) is 12.3 Å². The van der Waals surface area contributed by atoms with Gasteiger partial charge in [-0.2, -0.15) is 0 Å². The van der Waals surface area contributed by atoms with Crippen LogP contribution in [-0.2, 0) is 19.2 Å². The average Bonchev–Trinajstić information content (AvgIpc) is 3.02. The van der Waals surface area contributed by atoms with Crippen molar-refractivity contribution in [1.82, 2.24) is 0 Å². The molecule has 0 spiro atoms. The molecule has 4 rings (SSSR count). The molecule has 0 saturated heterocycles. The van der Waals surface area contributed by atoms with Crippen LogP contribution >= 0.6 is 0 Å². The molecule has 0 aromatic rings. The molecule has 0 heterocycles. The second-order valence-electron chi connectivity index (χ2n) is 11.5. The van der Waals surface area contributed by atoms with Gasteiger partial charge in [-0.25, -0.2) is 0 Å². The highest BCUT2D eigenvalue weighted by Gasteiger charge is 2.68. The molecule has 0 N–H and O–H groups in total. The third-order valence-corrected chi connectivity index (χ3v) is 10.3. The number of nitrogens with zero attached hydrogens (tertiary/aromatic N) is 2. The number of oxime groups is 2. The van der Waals surface area contributed by atoms with Crippen molar-refractivity contribution in [3.05, 3.63) is 0 Å². The van der Waals surface area contributed by atoms with Crippen molar-refractivity contribution < 1.29 is 19.2 Å². The summed E-state index contributed by atoms with van der Waals surface area (Å²) < 4.78 is 6.19. The Labute approximate surface area is 193 Å². The van der Waals surface area contributed by atoms with Gasteiger partial charge in [0.25, 0.3) is 0 Å². The van der Waals surface area contributed by atoms with E-state index in [-0.39, 0.29) is 11.4 Å². The van der Waals surface area contributed by atoms with Crippen LogP contribution < -0.4 is 0 Å². The Bertz CT molecular complexity index is 810. The van der Waals surface area contributed by atoms with Crippen molar-refractivity contribution in [2.45, 2.75) is 91.6 Å². The lowest BCUT2D eigenvalue weighted by Gasteiger charge is -2.63. The molecule has 6 nitrogen and oxygen atoms in total. The topological polar surface area (TPSA) is 69.5 Å². The van der Waals surface area contributed by atoms with E-state index in [1.807, 2.05) is 6.92 Å². The molecule has 0 radical (unpaired) electrons. The van der Waals surface area contributed by atoms with E-state index in [1.165, 1.54) is 31.9 Å². The Hall–Kier alpha value is -1.59. The van der Waals surface area contributed by atoms with Gasteiger partial charge in [0.1, 0.15) is 14.2 Å². The maximum atomic E-state index is 12.2. The van der Waals surface area contributed by atoms with Crippen LogP contribution in [0.5, 0.6) is 0 Å². The molecule has 0 aliphatic heterocycles. The standard InChI is InChI=1S/C26H42N2O4/c1-16-14-20-21(24(4)11-8-19(28-31-7)15-23(16)24)9-12-25(5)22(20)10-13-26(25,32-18(3)29)17(2)27-30-6/h16,20-23H,8-15H2,1-7H3/b27-17+,28-19+. The van der Waals surface area contributed by atoms with Gasteiger partial charge < -0.3 is 14.4 Å². The summed E-state index contributed by atoms with van der Waals surface area (Å²) in [5.74, 6) is 3.03. The number of carbonyl (C=O) groups excluding carboxylic acids is 1. The highest BCUT2D eigenvalue weighted by atomic mass is 16.6. The number of hydrogen-bond acceptors (Lipinski definition) is 6. The summed E-state index contributed by atoms with van der Waals surface area (Å²) in [5.41, 5.74) is 1.63. The lowest BCUT2D eigenvalue weighted by molar-refractivity contribution is -0.174. The van der Waals surface area contributed by atoms with Crippen LogP contribution in [0, 0.1) is 40.4 Å². The molecule has 180 valence electrons. The summed E-state index contributed by atoms with van der Waals surface area (Å²) in [6, 6.07) is 0. The first kappa shape index (κ1) is 23.6. The molecule has 4 saturated carbocycles. The number of carbonyl (C=O) groups is 1. The van der Waals surface area contributed by atoms with Crippen LogP contribution in [0.25, 0.3) is 0 Å². The molecule has 0 bridgehead atoms. The lowest BCUT2D eigenvalue weighted by Crippen LogP contribution is -2.60. The lowest BCUT2D eigenvalue weighted by atomic mass is 9.42. The van der Waals surface area contributed by atoms with Gasteiger partial charge >= 0.3 is 5.97 Å². The summed E-state index contributed by atoms with van der Waals surface area (Å²) in [5, 5.41) is 8.64. The van der Waals surface area contributed by atoms with E-state index in [2.05, 4.69) is 31.1 Å². The van der Waals surface area contributed by atoms with E-state index in [9.17, 15) is 4.79 Å². The maximum absolute atomic E-state index is 12.2. The van der Waals surface area contributed by atoms with Crippen molar-refractivity contribution in [2.24, 2.45) is 50.7 Å². The zero-order valence-electron chi connectivity index (χ0n) is 21.1. The second kappa shape index (κ2) is 8.32. The fraction of sp³-hybridized carbons (Fsp3) is 0.885. The fourth-order valence-electron chi connectivity index (χ4n) is 9.03. The smallest absolute Gasteiger partial charge is 0.303 e. The minimum absolute atomic E-state index is 0.105. The first-order valence-corrected chi connectivity index (χ1v) is 12.5. The minimum Gasteiger partial charge on any atom is -0.452 e. The molecule has 6 heteroatoms. The molecule has 0 aromatic carbocycles. The van der Waals surface area contributed by atoms with Crippen molar-refractivity contribution in [3.8, 4) is 0 Å². The number of hydrogen-bond donors (Lipinski definition) is 0. The largest absolute Gasteiger partial charge is 0.452 e. The van der Waals surface area contributed by atoms with Crippen LogP contribution in [0.15, 0.2) is 10.3 Å². The molecule has 0 aromatic heterocycles. The Morgan fingerprint density at radius 2 is 1.72 bits per heavy atom. The summed E-state index contributed by atoms with van der Waals surface area (Å²) in [6.07, 6.45) is 8.77. The SMILES string of the molecule is CO/N=C1\CCC2(C)C(C1)C(C)CC1C2CCC2(C)C1CCC2(OC(C)=O)/C(C)=N/OC. The first-order valence-electron chi connectivity index (χ1n) is 12.5.